The van der Waals surface area contributed by atoms with Crippen LogP contribution in [0.5, 0.6) is 17.2 Å². The molecule has 1 N–H and O–H groups in total. The van der Waals surface area contributed by atoms with Crippen molar-refractivity contribution in [3.63, 3.8) is 0 Å². The average Bonchev–Trinajstić information content (AvgIpc) is 3.58. The minimum atomic E-state index is -0.973. The van der Waals surface area contributed by atoms with Gasteiger partial charge in [0.15, 0.2) is 24.0 Å². The van der Waals surface area contributed by atoms with E-state index in [1.165, 1.54) is 18.1 Å². The fourth-order valence-electron chi connectivity index (χ4n) is 8.54. The molecule has 0 aliphatic carbocycles. The zero-order valence-electron chi connectivity index (χ0n) is 31.9. The third-order valence-corrected chi connectivity index (χ3v) is 11.7. The van der Waals surface area contributed by atoms with E-state index in [0.717, 1.165) is 40.3 Å². The van der Waals surface area contributed by atoms with E-state index in [-0.39, 0.29) is 65.9 Å². The van der Waals surface area contributed by atoms with Crippen LogP contribution < -0.4 is 19.3 Å². The summed E-state index contributed by atoms with van der Waals surface area (Å²) in [6.45, 7) is 5.04. The number of hydrogen-bond acceptors (Lipinski definition) is 9. The predicted octanol–water partition coefficient (Wildman–Crippen LogP) is 7.66. The van der Waals surface area contributed by atoms with Crippen molar-refractivity contribution < 1.29 is 43.2 Å². The van der Waals surface area contributed by atoms with Crippen molar-refractivity contribution in [2.75, 3.05) is 49.2 Å². The number of carbonyl (C=O) groups is 3. The standard InChI is InChI=1S/C44H46ClN3O9/c1-3-17-56-44(52)48-33-23-38(54-19-10-15-39(50)46-26-29(24-45)41-31-14-7-6-13-30(31)36(49)22-34(41)46)37(53-2)21-32(33)42(51)47-25-28-12-5-4-11-27(28)20-35(47)43(48)57-40-16-8-9-18-55-40/h3-7,11-14,21-23,29,35,40,43,49H,1,8-10,15-20,24-26H2,2H3/t29-,35+,40?,43?/m1/s1. The lowest BCUT2D eigenvalue weighted by Crippen LogP contribution is -2.58. The maximum atomic E-state index is 14.6. The number of aromatic hydroxyl groups is 1. The van der Waals surface area contributed by atoms with Gasteiger partial charge in [0.2, 0.25) is 5.91 Å². The maximum absolute atomic E-state index is 14.6. The van der Waals surface area contributed by atoms with Gasteiger partial charge in [-0.1, -0.05) is 61.2 Å². The number of ether oxygens (including phenoxy) is 5. The molecule has 4 aliphatic rings. The second-order valence-electron chi connectivity index (χ2n) is 14.7. The highest BCUT2D eigenvalue weighted by Crippen LogP contribution is 2.46. The van der Waals surface area contributed by atoms with E-state index >= 15 is 0 Å². The Balaban J connectivity index is 1.08. The van der Waals surface area contributed by atoms with E-state index in [1.54, 1.807) is 28.0 Å². The van der Waals surface area contributed by atoms with Crippen molar-refractivity contribution >= 4 is 51.7 Å². The van der Waals surface area contributed by atoms with Gasteiger partial charge >= 0.3 is 6.09 Å². The molecule has 3 amide bonds. The summed E-state index contributed by atoms with van der Waals surface area (Å²) in [5.74, 6) is 0.510. The molecule has 12 nitrogen and oxygen atoms in total. The van der Waals surface area contributed by atoms with Crippen LogP contribution in [0.15, 0.2) is 79.4 Å². The molecule has 298 valence electrons. The fraction of sp³-hybridized carbons (Fsp3) is 0.386. The number of amides is 3. The van der Waals surface area contributed by atoms with Gasteiger partial charge in [0, 0.05) is 55.4 Å². The molecule has 8 rings (SSSR count). The highest BCUT2D eigenvalue weighted by atomic mass is 35.5. The summed E-state index contributed by atoms with van der Waals surface area (Å²) in [7, 11) is 1.49. The maximum Gasteiger partial charge on any atom is 0.416 e. The van der Waals surface area contributed by atoms with Gasteiger partial charge in [-0.15, -0.1) is 11.6 Å². The van der Waals surface area contributed by atoms with Gasteiger partial charge in [-0.2, -0.15) is 0 Å². The number of fused-ring (bicyclic) bond motifs is 6. The Morgan fingerprint density at radius 2 is 1.81 bits per heavy atom. The lowest BCUT2D eigenvalue weighted by atomic mass is 9.92. The molecule has 57 heavy (non-hydrogen) atoms. The number of anilines is 2. The average molecular weight is 796 g/mol. The number of rotatable bonds is 11. The van der Waals surface area contributed by atoms with E-state index in [2.05, 4.69) is 6.58 Å². The molecule has 4 heterocycles. The second kappa shape index (κ2) is 16.7. The van der Waals surface area contributed by atoms with Crippen molar-refractivity contribution in [3.8, 4) is 17.2 Å². The van der Waals surface area contributed by atoms with Gasteiger partial charge in [-0.3, -0.25) is 9.59 Å². The SMILES string of the molecule is C=CCOC(=O)N1c2cc(OCCCC(=O)N3C[C@@H](CCl)c4c3cc(O)c3ccccc43)c(OC)cc2C(=O)N2Cc3ccccc3C[C@H]2C1OC1CCCCO1. The smallest absolute Gasteiger partial charge is 0.416 e. The van der Waals surface area contributed by atoms with Crippen LogP contribution in [0.3, 0.4) is 0 Å². The van der Waals surface area contributed by atoms with Crippen LogP contribution in [0.2, 0.25) is 0 Å². The topological polar surface area (TPSA) is 127 Å². The third kappa shape index (κ3) is 7.37. The number of nitrogens with zero attached hydrogens (tertiary/aromatic N) is 3. The van der Waals surface area contributed by atoms with E-state index in [9.17, 15) is 19.5 Å². The monoisotopic (exact) mass is 795 g/mol. The summed E-state index contributed by atoms with van der Waals surface area (Å²) >= 11 is 6.40. The number of halogens is 1. The predicted molar refractivity (Wildman–Crippen MR) is 215 cm³/mol. The lowest BCUT2D eigenvalue weighted by molar-refractivity contribution is -0.197. The van der Waals surface area contributed by atoms with Crippen LogP contribution in [-0.4, -0.2) is 85.8 Å². The van der Waals surface area contributed by atoms with Crippen molar-refractivity contribution in [2.45, 2.75) is 69.5 Å². The van der Waals surface area contributed by atoms with Gasteiger partial charge in [0.1, 0.15) is 12.4 Å². The second-order valence-corrected chi connectivity index (χ2v) is 15.0. The molecule has 4 aromatic rings. The highest BCUT2D eigenvalue weighted by molar-refractivity contribution is 6.19. The van der Waals surface area contributed by atoms with Gasteiger partial charge in [-0.05, 0) is 60.2 Å². The number of carbonyl (C=O) groups excluding carboxylic acids is 3. The Hall–Kier alpha value is -5.30. The minimum Gasteiger partial charge on any atom is -0.507 e. The Morgan fingerprint density at radius 1 is 1.02 bits per heavy atom. The molecule has 0 spiro atoms. The van der Waals surface area contributed by atoms with E-state index in [4.69, 9.17) is 35.3 Å². The van der Waals surface area contributed by atoms with Crippen LogP contribution in [0.1, 0.15) is 65.1 Å². The molecular weight excluding hydrogens is 750 g/mol. The molecule has 0 aromatic heterocycles. The summed E-state index contributed by atoms with van der Waals surface area (Å²) in [5.41, 5.74) is 4.17. The van der Waals surface area contributed by atoms with Crippen molar-refractivity contribution in [1.29, 1.82) is 0 Å². The van der Waals surface area contributed by atoms with Crippen LogP contribution >= 0.6 is 11.6 Å². The highest BCUT2D eigenvalue weighted by Gasteiger charge is 2.48. The molecule has 1 fully saturated rings. The van der Waals surface area contributed by atoms with Crippen molar-refractivity contribution in [2.24, 2.45) is 0 Å². The molecule has 13 heteroatoms. The Morgan fingerprint density at radius 3 is 2.56 bits per heavy atom. The van der Waals surface area contributed by atoms with E-state index in [1.807, 2.05) is 48.5 Å². The third-order valence-electron chi connectivity index (χ3n) is 11.3. The molecule has 1 saturated heterocycles. The molecule has 0 radical (unpaired) electrons. The first-order chi connectivity index (χ1) is 27.8. The van der Waals surface area contributed by atoms with Crippen LogP contribution in [0.25, 0.3) is 10.8 Å². The number of alkyl halides is 1. The summed E-state index contributed by atoms with van der Waals surface area (Å²) in [4.78, 5) is 47.4. The normalized spacial score (nSPS) is 21.2. The number of methoxy groups -OCH3 is 1. The first-order valence-corrected chi connectivity index (χ1v) is 20.0. The van der Waals surface area contributed by atoms with Gasteiger partial charge < -0.3 is 38.6 Å². The number of phenolic OH excluding ortho intramolecular Hbond substituents is 1. The summed E-state index contributed by atoms with van der Waals surface area (Å²) in [6.07, 6.45) is 2.59. The molecule has 0 bridgehead atoms. The lowest BCUT2D eigenvalue weighted by Gasteiger charge is -2.43. The Kier molecular flexibility index (Phi) is 11.3. The number of phenols is 1. The first kappa shape index (κ1) is 38.6. The summed E-state index contributed by atoms with van der Waals surface area (Å²) < 4.78 is 30.4. The molecule has 0 saturated carbocycles. The molecular formula is C44H46ClN3O9. The zero-order chi connectivity index (χ0) is 39.6. The molecule has 4 aromatic carbocycles. The van der Waals surface area contributed by atoms with Gasteiger partial charge in [0.25, 0.3) is 5.91 Å². The van der Waals surface area contributed by atoms with Gasteiger partial charge in [0.05, 0.1) is 36.7 Å². The Bertz CT molecular complexity index is 2190. The van der Waals surface area contributed by atoms with Crippen molar-refractivity contribution in [1.82, 2.24) is 4.90 Å². The van der Waals surface area contributed by atoms with E-state index in [0.29, 0.717) is 50.5 Å². The fourth-order valence-corrected chi connectivity index (χ4v) is 8.79. The number of benzene rings is 4. The van der Waals surface area contributed by atoms with Crippen LogP contribution in [0, 0.1) is 0 Å². The quantitative estimate of drug-likeness (QED) is 0.0925. The molecule has 4 atom stereocenters. The van der Waals surface area contributed by atoms with Gasteiger partial charge in [-0.25, -0.2) is 9.69 Å². The Labute approximate surface area is 336 Å². The minimum absolute atomic E-state index is 0.0566. The van der Waals surface area contributed by atoms with Crippen LogP contribution in [0.4, 0.5) is 16.2 Å². The largest absolute Gasteiger partial charge is 0.507 e. The van der Waals surface area contributed by atoms with Crippen molar-refractivity contribution in [3.05, 3.63) is 102 Å². The zero-order valence-corrected chi connectivity index (χ0v) is 32.6. The first-order valence-electron chi connectivity index (χ1n) is 19.5. The van der Waals surface area contributed by atoms with E-state index < -0.39 is 24.7 Å². The summed E-state index contributed by atoms with van der Waals surface area (Å²) in [5, 5.41) is 12.4. The number of hydrogen-bond donors (Lipinski definition) is 1. The van der Waals surface area contributed by atoms with Crippen LogP contribution in [-0.2, 0) is 32.0 Å². The molecule has 4 aliphatic heterocycles. The summed E-state index contributed by atoms with van der Waals surface area (Å²) in [6, 6.07) is 19.8. The molecule has 2 unspecified atom stereocenters.